The first-order valence-corrected chi connectivity index (χ1v) is 7.43. The summed E-state index contributed by atoms with van der Waals surface area (Å²) in [6.45, 7) is 0.391. The molecular formula is C16H23N3O2. The fraction of sp³-hybridized carbons (Fsp3) is 0.500. The Balaban J connectivity index is 1.96. The summed E-state index contributed by atoms with van der Waals surface area (Å²) in [5.41, 5.74) is 6.94. The van der Waals surface area contributed by atoms with Crippen molar-refractivity contribution in [1.82, 2.24) is 10.6 Å². The first-order valence-electron chi connectivity index (χ1n) is 7.43. The van der Waals surface area contributed by atoms with Gasteiger partial charge in [0.1, 0.15) is 0 Å². The summed E-state index contributed by atoms with van der Waals surface area (Å²) in [7, 11) is 1.60. The third-order valence-electron chi connectivity index (χ3n) is 4.07. The van der Waals surface area contributed by atoms with Crippen LogP contribution < -0.4 is 16.4 Å². The van der Waals surface area contributed by atoms with E-state index in [4.69, 9.17) is 5.73 Å². The maximum absolute atomic E-state index is 12.3. The molecule has 0 heterocycles. The molecule has 4 N–H and O–H groups in total. The Morgan fingerprint density at radius 3 is 2.62 bits per heavy atom. The van der Waals surface area contributed by atoms with Crippen molar-refractivity contribution in [2.75, 3.05) is 7.05 Å². The molecule has 1 fully saturated rings. The van der Waals surface area contributed by atoms with Gasteiger partial charge in [-0.05, 0) is 30.5 Å². The lowest BCUT2D eigenvalue weighted by molar-refractivity contribution is -0.127. The van der Waals surface area contributed by atoms with Crippen LogP contribution in [0.3, 0.4) is 0 Å². The molecular weight excluding hydrogens is 266 g/mol. The van der Waals surface area contributed by atoms with Crippen LogP contribution in [0.4, 0.5) is 0 Å². The standard InChI is InChI=1S/C16H23N3O2/c1-18-14(20)13-7-5-6-12(10-13)11-19-15(21)16(17)8-3-2-4-9-16/h5-7,10H,2-4,8-9,11,17H2,1H3,(H,18,20)(H,19,21). The van der Waals surface area contributed by atoms with Crippen LogP contribution in [0.2, 0.25) is 0 Å². The highest BCUT2D eigenvalue weighted by Gasteiger charge is 2.34. The van der Waals surface area contributed by atoms with Crippen molar-refractivity contribution in [3.8, 4) is 0 Å². The second-order valence-electron chi connectivity index (χ2n) is 5.68. The van der Waals surface area contributed by atoms with Gasteiger partial charge < -0.3 is 16.4 Å². The molecule has 0 radical (unpaired) electrons. The molecule has 2 amide bonds. The summed E-state index contributed by atoms with van der Waals surface area (Å²) < 4.78 is 0. The van der Waals surface area contributed by atoms with Crippen LogP contribution in [0, 0.1) is 0 Å². The van der Waals surface area contributed by atoms with Gasteiger partial charge in [-0.15, -0.1) is 0 Å². The highest BCUT2D eigenvalue weighted by atomic mass is 16.2. The molecule has 0 aromatic heterocycles. The van der Waals surface area contributed by atoms with E-state index in [0.717, 1.165) is 37.7 Å². The van der Waals surface area contributed by atoms with Crippen molar-refractivity contribution in [1.29, 1.82) is 0 Å². The van der Waals surface area contributed by atoms with Gasteiger partial charge in [-0.1, -0.05) is 31.4 Å². The first kappa shape index (κ1) is 15.5. The summed E-state index contributed by atoms with van der Waals surface area (Å²) in [6, 6.07) is 7.22. The monoisotopic (exact) mass is 289 g/mol. The van der Waals surface area contributed by atoms with Crippen LogP contribution in [0.25, 0.3) is 0 Å². The second kappa shape index (κ2) is 6.72. The maximum Gasteiger partial charge on any atom is 0.251 e. The average molecular weight is 289 g/mol. The Morgan fingerprint density at radius 1 is 1.24 bits per heavy atom. The lowest BCUT2D eigenvalue weighted by Gasteiger charge is -2.31. The molecule has 5 nitrogen and oxygen atoms in total. The van der Waals surface area contributed by atoms with Crippen molar-refractivity contribution >= 4 is 11.8 Å². The topological polar surface area (TPSA) is 84.2 Å². The maximum atomic E-state index is 12.3. The Kier molecular flexibility index (Phi) is 4.96. The van der Waals surface area contributed by atoms with Crippen LogP contribution in [0.5, 0.6) is 0 Å². The molecule has 1 aliphatic rings. The highest BCUT2D eigenvalue weighted by Crippen LogP contribution is 2.26. The molecule has 0 bridgehead atoms. The molecule has 0 unspecified atom stereocenters. The molecule has 0 spiro atoms. The van der Waals surface area contributed by atoms with E-state index < -0.39 is 5.54 Å². The molecule has 1 aliphatic carbocycles. The number of hydrogen-bond donors (Lipinski definition) is 3. The first-order chi connectivity index (χ1) is 10.0. The van der Waals surface area contributed by atoms with Crippen LogP contribution in [-0.4, -0.2) is 24.4 Å². The van der Waals surface area contributed by atoms with Gasteiger partial charge in [0.2, 0.25) is 5.91 Å². The van der Waals surface area contributed by atoms with Crippen LogP contribution in [0.1, 0.15) is 48.0 Å². The zero-order chi connectivity index (χ0) is 15.3. The van der Waals surface area contributed by atoms with E-state index in [-0.39, 0.29) is 11.8 Å². The molecule has 114 valence electrons. The van der Waals surface area contributed by atoms with E-state index in [2.05, 4.69) is 10.6 Å². The fourth-order valence-electron chi connectivity index (χ4n) is 2.73. The molecule has 1 aromatic carbocycles. The zero-order valence-electron chi connectivity index (χ0n) is 12.4. The Labute approximate surface area is 125 Å². The number of carbonyl (C=O) groups is 2. The van der Waals surface area contributed by atoms with E-state index in [9.17, 15) is 9.59 Å². The normalized spacial score (nSPS) is 17.0. The number of carbonyl (C=O) groups excluding carboxylic acids is 2. The van der Waals surface area contributed by atoms with Crippen molar-refractivity contribution in [3.63, 3.8) is 0 Å². The van der Waals surface area contributed by atoms with Crippen molar-refractivity contribution in [2.24, 2.45) is 5.73 Å². The van der Waals surface area contributed by atoms with Gasteiger partial charge in [0.25, 0.3) is 5.91 Å². The molecule has 0 saturated heterocycles. The van der Waals surface area contributed by atoms with Gasteiger partial charge in [0.05, 0.1) is 5.54 Å². The molecule has 21 heavy (non-hydrogen) atoms. The molecule has 0 atom stereocenters. The molecule has 1 aromatic rings. The molecule has 2 rings (SSSR count). The van der Waals surface area contributed by atoms with Gasteiger partial charge in [-0.3, -0.25) is 9.59 Å². The number of hydrogen-bond acceptors (Lipinski definition) is 3. The minimum Gasteiger partial charge on any atom is -0.355 e. The fourth-order valence-corrected chi connectivity index (χ4v) is 2.73. The number of nitrogens with one attached hydrogen (secondary N) is 2. The van der Waals surface area contributed by atoms with E-state index in [1.807, 2.05) is 12.1 Å². The van der Waals surface area contributed by atoms with Crippen molar-refractivity contribution < 1.29 is 9.59 Å². The molecule has 5 heteroatoms. The smallest absolute Gasteiger partial charge is 0.251 e. The minimum absolute atomic E-state index is 0.0902. The third-order valence-corrected chi connectivity index (χ3v) is 4.07. The Morgan fingerprint density at radius 2 is 1.95 bits per heavy atom. The lowest BCUT2D eigenvalue weighted by Crippen LogP contribution is -2.54. The van der Waals surface area contributed by atoms with Crippen LogP contribution >= 0.6 is 0 Å². The third kappa shape index (κ3) is 3.82. The van der Waals surface area contributed by atoms with E-state index in [1.54, 1.807) is 19.2 Å². The van der Waals surface area contributed by atoms with Gasteiger partial charge in [-0.25, -0.2) is 0 Å². The van der Waals surface area contributed by atoms with Gasteiger partial charge >= 0.3 is 0 Å². The van der Waals surface area contributed by atoms with Crippen LogP contribution in [0.15, 0.2) is 24.3 Å². The van der Waals surface area contributed by atoms with Crippen molar-refractivity contribution in [2.45, 2.75) is 44.2 Å². The van der Waals surface area contributed by atoms with Crippen molar-refractivity contribution in [3.05, 3.63) is 35.4 Å². The summed E-state index contributed by atoms with van der Waals surface area (Å²) >= 11 is 0. The summed E-state index contributed by atoms with van der Waals surface area (Å²) in [6.07, 6.45) is 4.67. The number of amides is 2. The number of nitrogens with two attached hydrogens (primary N) is 1. The predicted molar refractivity (Wildman–Crippen MR) is 81.7 cm³/mol. The van der Waals surface area contributed by atoms with E-state index in [1.165, 1.54) is 0 Å². The summed E-state index contributed by atoms with van der Waals surface area (Å²) in [5.74, 6) is -0.224. The number of benzene rings is 1. The predicted octanol–water partition coefficient (Wildman–Crippen LogP) is 1.32. The highest BCUT2D eigenvalue weighted by molar-refractivity contribution is 5.94. The summed E-state index contributed by atoms with van der Waals surface area (Å²) in [4.78, 5) is 23.8. The zero-order valence-corrected chi connectivity index (χ0v) is 12.4. The Bertz CT molecular complexity index is 522. The quantitative estimate of drug-likeness (QED) is 0.781. The SMILES string of the molecule is CNC(=O)c1cccc(CNC(=O)C2(N)CCCCC2)c1. The second-order valence-corrected chi connectivity index (χ2v) is 5.68. The molecule has 1 saturated carbocycles. The average Bonchev–Trinajstić information content (AvgIpc) is 2.52. The van der Waals surface area contributed by atoms with Gasteiger partial charge in [-0.2, -0.15) is 0 Å². The van der Waals surface area contributed by atoms with E-state index >= 15 is 0 Å². The molecule has 0 aliphatic heterocycles. The van der Waals surface area contributed by atoms with Gasteiger partial charge in [0, 0.05) is 19.2 Å². The Hall–Kier alpha value is -1.88. The number of rotatable bonds is 4. The summed E-state index contributed by atoms with van der Waals surface area (Å²) in [5, 5.41) is 5.48. The van der Waals surface area contributed by atoms with Crippen LogP contribution in [-0.2, 0) is 11.3 Å². The minimum atomic E-state index is -0.726. The van der Waals surface area contributed by atoms with Gasteiger partial charge in [0.15, 0.2) is 0 Å². The lowest BCUT2D eigenvalue weighted by atomic mass is 9.82. The van der Waals surface area contributed by atoms with E-state index in [0.29, 0.717) is 12.1 Å². The largest absolute Gasteiger partial charge is 0.355 e.